The Bertz CT molecular complexity index is 827. The van der Waals surface area contributed by atoms with E-state index in [9.17, 15) is 10.0 Å². The van der Waals surface area contributed by atoms with Gasteiger partial charge in [0, 0.05) is 45.5 Å². The van der Waals surface area contributed by atoms with Crippen molar-refractivity contribution in [3.8, 4) is 0 Å². The molecule has 1 saturated heterocycles. The zero-order valence-electron chi connectivity index (χ0n) is 19.6. The summed E-state index contributed by atoms with van der Waals surface area (Å²) in [6, 6.07) is 1.96. The monoisotopic (exact) mass is 444 g/mol. The number of hydrogen-bond donors (Lipinski definition) is 2. The summed E-state index contributed by atoms with van der Waals surface area (Å²) in [5.41, 5.74) is 0.697. The zero-order valence-corrected chi connectivity index (χ0v) is 19.6. The molecule has 1 fully saturated rings. The van der Waals surface area contributed by atoms with E-state index in [1.165, 1.54) is 5.06 Å². The molecule has 0 saturated carbocycles. The Morgan fingerprint density at radius 1 is 1.31 bits per heavy atom. The van der Waals surface area contributed by atoms with Crippen molar-refractivity contribution in [1.29, 1.82) is 0 Å². The summed E-state index contributed by atoms with van der Waals surface area (Å²) >= 11 is 0. The lowest BCUT2D eigenvalue weighted by Crippen LogP contribution is -2.43. The summed E-state index contributed by atoms with van der Waals surface area (Å²) < 4.78 is 5.48. The van der Waals surface area contributed by atoms with Crippen molar-refractivity contribution in [3.63, 3.8) is 0 Å². The van der Waals surface area contributed by atoms with Crippen LogP contribution >= 0.6 is 0 Å². The van der Waals surface area contributed by atoms with Gasteiger partial charge in [-0.15, -0.1) is 0 Å². The van der Waals surface area contributed by atoms with E-state index in [-0.39, 0.29) is 6.09 Å². The van der Waals surface area contributed by atoms with Crippen molar-refractivity contribution in [2.24, 2.45) is 5.92 Å². The van der Waals surface area contributed by atoms with Crippen LogP contribution < -0.4 is 10.2 Å². The van der Waals surface area contributed by atoms with E-state index >= 15 is 0 Å². The number of anilines is 2. The van der Waals surface area contributed by atoms with Crippen molar-refractivity contribution in [2.75, 3.05) is 50.0 Å². The number of carbonyl (C=O) groups is 1. The number of aromatic nitrogens is 2. The Morgan fingerprint density at radius 2 is 2.06 bits per heavy atom. The molecule has 0 radical (unpaired) electrons. The van der Waals surface area contributed by atoms with Gasteiger partial charge in [0.05, 0.1) is 6.54 Å². The number of nitrogens with zero attached hydrogens (tertiary/aromatic N) is 5. The van der Waals surface area contributed by atoms with E-state index in [1.807, 2.05) is 50.9 Å². The summed E-state index contributed by atoms with van der Waals surface area (Å²) in [5.74, 6) is 2.16. The quantitative estimate of drug-likeness (QED) is 0.660. The lowest BCUT2D eigenvalue weighted by atomic mass is 9.96. The van der Waals surface area contributed by atoms with Gasteiger partial charge in [-0.1, -0.05) is 6.08 Å². The third kappa shape index (κ3) is 7.40. The zero-order chi connectivity index (χ0) is 23.1. The minimum atomic E-state index is -0.462. The van der Waals surface area contributed by atoms with Gasteiger partial charge >= 0.3 is 6.09 Å². The lowest BCUT2D eigenvalue weighted by Gasteiger charge is -2.35. The van der Waals surface area contributed by atoms with Crippen molar-refractivity contribution in [1.82, 2.24) is 19.9 Å². The van der Waals surface area contributed by atoms with E-state index in [0.29, 0.717) is 12.5 Å². The van der Waals surface area contributed by atoms with Crippen LogP contribution in [0, 0.1) is 5.92 Å². The van der Waals surface area contributed by atoms with Crippen LogP contribution in [0.15, 0.2) is 36.3 Å². The number of likely N-dealkylation sites (tertiary alicyclic amines) is 1. The Kier molecular flexibility index (Phi) is 7.95. The highest BCUT2D eigenvalue weighted by Gasteiger charge is 2.27. The number of carbonyl (C=O) groups excluding carboxylic acids is 1. The number of piperidine rings is 1. The fraction of sp³-hybridized carbons (Fsp3) is 0.609. The van der Waals surface area contributed by atoms with Gasteiger partial charge in [0.25, 0.3) is 0 Å². The molecule has 0 aliphatic carbocycles. The van der Waals surface area contributed by atoms with Crippen molar-refractivity contribution in [3.05, 3.63) is 36.3 Å². The standard InChI is InChI=1S/C23H36N6O3/c1-23(2,3)32-22(30)28-12-8-19(9-13-28)15-27(4)21-14-20(25-17-26-21)24-10-7-18-6-5-11-29(31)16-18/h5-6,11,14,17,19,31H,7-10,12-13,15-16H2,1-4H3,(H,24,25,26). The summed E-state index contributed by atoms with van der Waals surface area (Å²) in [5, 5.41) is 14.1. The largest absolute Gasteiger partial charge is 0.444 e. The van der Waals surface area contributed by atoms with Crippen LogP contribution in [0.5, 0.6) is 0 Å². The van der Waals surface area contributed by atoms with Crippen LogP contribution in [-0.2, 0) is 4.74 Å². The first-order chi connectivity index (χ1) is 15.2. The summed E-state index contributed by atoms with van der Waals surface area (Å²) in [6.45, 7) is 9.27. The van der Waals surface area contributed by atoms with Crippen LogP contribution in [-0.4, -0.2) is 76.6 Å². The number of hydrogen-bond acceptors (Lipinski definition) is 8. The smallest absolute Gasteiger partial charge is 0.410 e. The van der Waals surface area contributed by atoms with Crippen LogP contribution in [0.1, 0.15) is 40.0 Å². The second-order valence-corrected chi connectivity index (χ2v) is 9.49. The molecule has 1 amide bonds. The molecule has 0 spiro atoms. The molecule has 32 heavy (non-hydrogen) atoms. The molecule has 0 atom stereocenters. The molecule has 1 aromatic heterocycles. The van der Waals surface area contributed by atoms with E-state index in [2.05, 4.69) is 20.2 Å². The average Bonchev–Trinajstić information content (AvgIpc) is 2.73. The van der Waals surface area contributed by atoms with Crippen molar-refractivity contribution >= 4 is 17.7 Å². The van der Waals surface area contributed by atoms with E-state index < -0.39 is 5.60 Å². The maximum atomic E-state index is 12.3. The third-order valence-electron chi connectivity index (χ3n) is 5.55. The van der Waals surface area contributed by atoms with Crippen molar-refractivity contribution in [2.45, 2.75) is 45.6 Å². The molecule has 2 aliphatic heterocycles. The lowest BCUT2D eigenvalue weighted by molar-refractivity contribution is -0.0333. The topological polar surface area (TPSA) is 94.1 Å². The van der Waals surface area contributed by atoms with Gasteiger partial charge in [0.15, 0.2) is 0 Å². The third-order valence-corrected chi connectivity index (χ3v) is 5.55. The van der Waals surface area contributed by atoms with Gasteiger partial charge in [-0.2, -0.15) is 0 Å². The van der Waals surface area contributed by atoms with Gasteiger partial charge in [0.2, 0.25) is 0 Å². The van der Waals surface area contributed by atoms with Gasteiger partial charge in [0.1, 0.15) is 23.6 Å². The molecule has 9 nitrogen and oxygen atoms in total. The number of rotatable bonds is 7. The Morgan fingerprint density at radius 3 is 2.75 bits per heavy atom. The number of allylic oxidation sites excluding steroid dienone is 2. The first kappa shape index (κ1) is 23.8. The molecule has 0 unspecified atom stereocenters. The highest BCUT2D eigenvalue weighted by Crippen LogP contribution is 2.22. The number of amides is 1. The minimum absolute atomic E-state index is 0.220. The van der Waals surface area contributed by atoms with Gasteiger partial charge in [-0.05, 0) is 57.6 Å². The molecular formula is C23H36N6O3. The fourth-order valence-corrected chi connectivity index (χ4v) is 3.86. The number of ether oxygens (including phenoxy) is 1. The second-order valence-electron chi connectivity index (χ2n) is 9.49. The first-order valence-electron chi connectivity index (χ1n) is 11.3. The molecule has 3 heterocycles. The van der Waals surface area contributed by atoms with Crippen molar-refractivity contribution < 1.29 is 14.7 Å². The van der Waals surface area contributed by atoms with E-state index in [4.69, 9.17) is 4.74 Å². The molecule has 176 valence electrons. The molecule has 3 rings (SSSR count). The van der Waals surface area contributed by atoms with Crippen LogP contribution in [0.25, 0.3) is 0 Å². The highest BCUT2D eigenvalue weighted by molar-refractivity contribution is 5.68. The van der Waals surface area contributed by atoms with Gasteiger partial charge in [-0.3, -0.25) is 10.3 Å². The van der Waals surface area contributed by atoms with E-state index in [1.54, 1.807) is 12.5 Å². The number of hydroxylamine groups is 2. The predicted molar refractivity (Wildman–Crippen MR) is 125 cm³/mol. The Balaban J connectivity index is 1.44. The second kappa shape index (κ2) is 10.7. The van der Waals surface area contributed by atoms with Crippen LogP contribution in [0.4, 0.5) is 16.4 Å². The van der Waals surface area contributed by atoms with Crippen LogP contribution in [0.2, 0.25) is 0 Å². The van der Waals surface area contributed by atoms with Gasteiger partial charge in [-0.25, -0.2) is 14.8 Å². The average molecular weight is 445 g/mol. The van der Waals surface area contributed by atoms with Gasteiger partial charge < -0.3 is 19.9 Å². The maximum absolute atomic E-state index is 12.3. The maximum Gasteiger partial charge on any atom is 0.410 e. The minimum Gasteiger partial charge on any atom is -0.444 e. The predicted octanol–water partition coefficient (Wildman–Crippen LogP) is 3.51. The molecule has 1 aromatic rings. The molecule has 0 aromatic carbocycles. The molecular weight excluding hydrogens is 408 g/mol. The molecule has 2 aliphatic rings. The highest BCUT2D eigenvalue weighted by atomic mass is 16.6. The van der Waals surface area contributed by atoms with Crippen LogP contribution in [0.3, 0.4) is 0 Å². The fourth-order valence-electron chi connectivity index (χ4n) is 3.86. The Labute approximate surface area is 190 Å². The Hall–Kier alpha value is -2.81. The molecule has 9 heteroatoms. The number of nitrogens with one attached hydrogen (secondary N) is 1. The summed E-state index contributed by atoms with van der Waals surface area (Å²) in [4.78, 5) is 25.0. The normalized spacial score (nSPS) is 17.2. The van der Waals surface area contributed by atoms with E-state index in [0.717, 1.165) is 62.7 Å². The summed E-state index contributed by atoms with van der Waals surface area (Å²) in [7, 11) is 2.04. The molecule has 0 bridgehead atoms. The summed E-state index contributed by atoms with van der Waals surface area (Å²) in [6.07, 6.45) is 9.60. The first-order valence-corrected chi connectivity index (χ1v) is 11.3. The SMILES string of the molecule is CN(CC1CCN(C(=O)OC(C)(C)C)CC1)c1cc(NCCC2=CC=CN(O)C2)ncn1. The molecule has 2 N–H and O–H groups in total.